The van der Waals surface area contributed by atoms with E-state index in [2.05, 4.69) is 14.7 Å². The molecule has 6 nitrogen and oxygen atoms in total. The van der Waals surface area contributed by atoms with Crippen molar-refractivity contribution in [3.05, 3.63) is 18.0 Å². The number of alkyl halides is 3. The van der Waals surface area contributed by atoms with E-state index >= 15 is 0 Å². The van der Waals surface area contributed by atoms with Gasteiger partial charge >= 0.3 is 12.3 Å². The first-order valence-electron chi connectivity index (χ1n) is 8.94. The summed E-state index contributed by atoms with van der Waals surface area (Å²) in [6.07, 6.45) is 0.0179. The van der Waals surface area contributed by atoms with Gasteiger partial charge in [-0.05, 0) is 39.2 Å². The van der Waals surface area contributed by atoms with E-state index in [4.69, 9.17) is 0 Å². The van der Waals surface area contributed by atoms with Crippen molar-refractivity contribution in [3.8, 4) is 0 Å². The number of halogens is 3. The maximum atomic E-state index is 12.6. The number of likely N-dealkylation sites (tertiary alicyclic amines) is 2. The fourth-order valence-corrected chi connectivity index (χ4v) is 3.98. The Kier molecular flexibility index (Phi) is 5.18. The quantitative estimate of drug-likeness (QED) is 0.816. The lowest BCUT2D eigenvalue weighted by atomic mass is 9.85. The molecule has 1 aromatic heterocycles. The Bertz CT molecular complexity index is 638. The Morgan fingerprint density at radius 2 is 2.00 bits per heavy atom. The molecule has 3 rings (SSSR count). The van der Waals surface area contributed by atoms with Crippen molar-refractivity contribution in [3.63, 3.8) is 0 Å². The third-order valence-corrected chi connectivity index (χ3v) is 5.56. The van der Waals surface area contributed by atoms with Crippen LogP contribution in [-0.2, 0) is 18.3 Å². The standard InChI is InChI=1S/C17H25F3N4O2/c1-13(17(18,19)20)26-15(25)23-8-5-16(6-9-23)4-3-7-24(16)12-14-10-21-22(2)11-14/h10-11,13H,3-9,12H2,1-2H3. The van der Waals surface area contributed by atoms with Crippen molar-refractivity contribution in [2.75, 3.05) is 19.6 Å². The molecule has 146 valence electrons. The predicted octanol–water partition coefficient (Wildman–Crippen LogP) is 2.94. The summed E-state index contributed by atoms with van der Waals surface area (Å²) >= 11 is 0. The molecule has 3 heterocycles. The first-order chi connectivity index (χ1) is 12.2. The molecule has 2 saturated heterocycles. The van der Waals surface area contributed by atoms with E-state index in [1.165, 1.54) is 4.90 Å². The van der Waals surface area contributed by atoms with Crippen LogP contribution in [0.5, 0.6) is 0 Å². The Hall–Kier alpha value is -1.77. The van der Waals surface area contributed by atoms with Gasteiger partial charge in [-0.1, -0.05) is 0 Å². The van der Waals surface area contributed by atoms with E-state index in [0.29, 0.717) is 13.1 Å². The molecule has 26 heavy (non-hydrogen) atoms. The lowest BCUT2D eigenvalue weighted by Crippen LogP contribution is -2.53. The Morgan fingerprint density at radius 3 is 2.58 bits per heavy atom. The molecule has 1 amide bonds. The van der Waals surface area contributed by atoms with Crippen LogP contribution in [0.2, 0.25) is 0 Å². The summed E-state index contributed by atoms with van der Waals surface area (Å²) < 4.78 is 44.0. The van der Waals surface area contributed by atoms with Gasteiger partial charge in [0.2, 0.25) is 0 Å². The highest BCUT2D eigenvalue weighted by atomic mass is 19.4. The predicted molar refractivity (Wildman–Crippen MR) is 88.4 cm³/mol. The molecule has 0 aliphatic carbocycles. The average molecular weight is 374 g/mol. The van der Waals surface area contributed by atoms with Crippen LogP contribution in [0.1, 0.15) is 38.2 Å². The number of nitrogens with zero attached hydrogens (tertiary/aromatic N) is 4. The van der Waals surface area contributed by atoms with Crippen LogP contribution in [-0.4, -0.2) is 63.1 Å². The SMILES string of the molecule is CC(OC(=O)N1CCC2(CCCN2Cc2cnn(C)c2)CC1)C(F)(F)F. The number of hydrogen-bond donors (Lipinski definition) is 0. The summed E-state index contributed by atoms with van der Waals surface area (Å²) in [6.45, 7) is 3.50. The third kappa shape index (κ3) is 3.97. The Balaban J connectivity index is 1.57. The van der Waals surface area contributed by atoms with Crippen LogP contribution in [0.4, 0.5) is 18.0 Å². The zero-order chi connectivity index (χ0) is 18.9. The van der Waals surface area contributed by atoms with Gasteiger partial charge in [-0.15, -0.1) is 0 Å². The molecule has 2 aliphatic rings. The summed E-state index contributed by atoms with van der Waals surface area (Å²) in [6, 6.07) is 0. The summed E-state index contributed by atoms with van der Waals surface area (Å²) in [5.74, 6) is 0. The van der Waals surface area contributed by atoms with Gasteiger partial charge in [-0.25, -0.2) is 4.79 Å². The third-order valence-electron chi connectivity index (χ3n) is 5.56. The van der Waals surface area contributed by atoms with Gasteiger partial charge in [0.25, 0.3) is 0 Å². The fraction of sp³-hybridized carbons (Fsp3) is 0.765. The van der Waals surface area contributed by atoms with Crippen LogP contribution in [0.15, 0.2) is 12.4 Å². The molecule has 1 aromatic rings. The van der Waals surface area contributed by atoms with Crippen molar-refractivity contribution >= 4 is 6.09 Å². The molecule has 2 aliphatic heterocycles. The monoisotopic (exact) mass is 374 g/mol. The average Bonchev–Trinajstić information content (AvgIpc) is 3.14. The molecular weight excluding hydrogens is 349 g/mol. The molecule has 0 aromatic carbocycles. The first-order valence-corrected chi connectivity index (χ1v) is 8.94. The first kappa shape index (κ1) is 19.0. The lowest BCUT2D eigenvalue weighted by Gasteiger charge is -2.44. The van der Waals surface area contributed by atoms with E-state index in [0.717, 1.165) is 51.3 Å². The second kappa shape index (κ2) is 7.09. The molecule has 1 unspecified atom stereocenters. The van der Waals surface area contributed by atoms with Crippen LogP contribution in [0.25, 0.3) is 0 Å². The summed E-state index contributed by atoms with van der Waals surface area (Å²) in [7, 11) is 1.88. The van der Waals surface area contributed by atoms with E-state index in [9.17, 15) is 18.0 Å². The van der Waals surface area contributed by atoms with Crippen LogP contribution in [0.3, 0.4) is 0 Å². The van der Waals surface area contributed by atoms with Gasteiger partial charge in [-0.3, -0.25) is 9.58 Å². The second-order valence-electron chi connectivity index (χ2n) is 7.33. The smallest absolute Gasteiger partial charge is 0.425 e. The highest BCUT2D eigenvalue weighted by Crippen LogP contribution is 2.39. The van der Waals surface area contributed by atoms with E-state index in [1.807, 2.05) is 19.4 Å². The van der Waals surface area contributed by atoms with Crippen molar-refractivity contribution in [1.82, 2.24) is 19.6 Å². The minimum Gasteiger partial charge on any atom is -0.437 e. The molecule has 0 N–H and O–H groups in total. The van der Waals surface area contributed by atoms with Crippen LogP contribution < -0.4 is 0 Å². The molecular formula is C17H25F3N4O2. The number of aromatic nitrogens is 2. The molecule has 9 heteroatoms. The number of hydrogen-bond acceptors (Lipinski definition) is 4. The molecule has 0 bridgehead atoms. The van der Waals surface area contributed by atoms with Crippen molar-refractivity contribution in [2.24, 2.45) is 7.05 Å². The van der Waals surface area contributed by atoms with E-state index < -0.39 is 18.4 Å². The normalized spacial score (nSPS) is 22.0. The van der Waals surface area contributed by atoms with Gasteiger partial charge in [0.05, 0.1) is 6.20 Å². The van der Waals surface area contributed by atoms with E-state index in [-0.39, 0.29) is 5.54 Å². The number of rotatable bonds is 3. The minimum atomic E-state index is -4.53. The second-order valence-corrected chi connectivity index (χ2v) is 7.33. The molecule has 1 spiro atoms. The summed E-state index contributed by atoms with van der Waals surface area (Å²) in [4.78, 5) is 15.8. The number of aryl methyl sites for hydroxylation is 1. The van der Waals surface area contributed by atoms with Gasteiger partial charge in [0.1, 0.15) is 0 Å². The van der Waals surface area contributed by atoms with Crippen LogP contribution in [0, 0.1) is 0 Å². The molecule has 2 fully saturated rings. The van der Waals surface area contributed by atoms with E-state index in [1.54, 1.807) is 4.68 Å². The Labute approximate surface area is 150 Å². The highest BCUT2D eigenvalue weighted by molar-refractivity contribution is 5.68. The zero-order valence-electron chi connectivity index (χ0n) is 15.1. The number of amides is 1. The zero-order valence-corrected chi connectivity index (χ0v) is 15.1. The summed E-state index contributed by atoms with van der Waals surface area (Å²) in [5, 5.41) is 4.20. The fourth-order valence-electron chi connectivity index (χ4n) is 3.98. The van der Waals surface area contributed by atoms with Crippen molar-refractivity contribution in [2.45, 2.75) is 57.0 Å². The highest BCUT2D eigenvalue weighted by Gasteiger charge is 2.45. The van der Waals surface area contributed by atoms with Gasteiger partial charge in [0, 0.05) is 44.0 Å². The summed E-state index contributed by atoms with van der Waals surface area (Å²) in [5.41, 5.74) is 1.16. The molecule has 1 atom stereocenters. The maximum absolute atomic E-state index is 12.6. The Morgan fingerprint density at radius 1 is 1.31 bits per heavy atom. The van der Waals surface area contributed by atoms with Gasteiger partial charge < -0.3 is 9.64 Å². The van der Waals surface area contributed by atoms with Gasteiger partial charge in [0.15, 0.2) is 6.10 Å². The van der Waals surface area contributed by atoms with Crippen molar-refractivity contribution < 1.29 is 22.7 Å². The number of piperidine rings is 1. The van der Waals surface area contributed by atoms with Gasteiger partial charge in [-0.2, -0.15) is 18.3 Å². The molecule has 0 saturated carbocycles. The maximum Gasteiger partial charge on any atom is 0.425 e. The minimum absolute atomic E-state index is 0.0161. The number of carbonyl (C=O) groups excluding carboxylic acids is 1. The topological polar surface area (TPSA) is 50.6 Å². The largest absolute Gasteiger partial charge is 0.437 e. The van der Waals surface area contributed by atoms with Crippen LogP contribution >= 0.6 is 0 Å². The van der Waals surface area contributed by atoms with Crippen molar-refractivity contribution in [1.29, 1.82) is 0 Å². The molecule has 0 radical (unpaired) electrons. The number of ether oxygens (including phenoxy) is 1. The number of carbonyl (C=O) groups is 1. The lowest BCUT2D eigenvalue weighted by molar-refractivity contribution is -0.200.